The molecule has 4 nitrogen and oxygen atoms in total. The third kappa shape index (κ3) is 4.68. The Morgan fingerprint density at radius 1 is 1.23 bits per heavy atom. The number of carbonyl (C=O) groups excluding carboxylic acids is 1. The molecule has 0 spiro atoms. The standard InChI is InChI=1S/C16H20N2O2S2/c1-12-4-7-14(21-12)10-17-16(19)18(2)11-13-5-8-15(9-6-13)22(3)20/h4-9H,10-11H2,1-3H3,(H,17,19)/t22-/m1/s1. The van der Waals surface area contributed by atoms with E-state index in [1.165, 1.54) is 4.88 Å². The van der Waals surface area contributed by atoms with Crippen molar-refractivity contribution in [3.05, 3.63) is 51.7 Å². The molecule has 0 aliphatic heterocycles. The molecule has 0 aliphatic carbocycles. The molecule has 1 N–H and O–H groups in total. The van der Waals surface area contributed by atoms with Crippen LogP contribution in [0, 0.1) is 6.92 Å². The highest BCUT2D eigenvalue weighted by Crippen LogP contribution is 2.14. The van der Waals surface area contributed by atoms with Gasteiger partial charge in [-0.1, -0.05) is 12.1 Å². The van der Waals surface area contributed by atoms with Crippen molar-refractivity contribution in [1.82, 2.24) is 10.2 Å². The summed E-state index contributed by atoms with van der Waals surface area (Å²) in [6.07, 6.45) is 1.65. The maximum Gasteiger partial charge on any atom is 0.317 e. The molecule has 2 aromatic rings. The van der Waals surface area contributed by atoms with Crippen LogP contribution in [0.5, 0.6) is 0 Å². The van der Waals surface area contributed by atoms with E-state index >= 15 is 0 Å². The first-order chi connectivity index (χ1) is 10.5. The van der Waals surface area contributed by atoms with Crippen LogP contribution in [0.15, 0.2) is 41.3 Å². The van der Waals surface area contributed by atoms with E-state index in [0.717, 1.165) is 15.3 Å². The molecule has 0 saturated heterocycles. The zero-order valence-corrected chi connectivity index (χ0v) is 14.6. The molecule has 0 radical (unpaired) electrons. The molecular weight excluding hydrogens is 316 g/mol. The summed E-state index contributed by atoms with van der Waals surface area (Å²) in [5, 5.41) is 2.91. The number of amides is 2. The summed E-state index contributed by atoms with van der Waals surface area (Å²) in [5.41, 5.74) is 1.01. The van der Waals surface area contributed by atoms with Gasteiger partial charge in [0.25, 0.3) is 0 Å². The summed E-state index contributed by atoms with van der Waals surface area (Å²) in [6.45, 7) is 3.12. The Morgan fingerprint density at radius 3 is 2.45 bits per heavy atom. The molecule has 1 aromatic carbocycles. The normalized spacial score (nSPS) is 12.0. The lowest BCUT2D eigenvalue weighted by Crippen LogP contribution is -2.36. The van der Waals surface area contributed by atoms with Crippen LogP contribution in [-0.4, -0.2) is 28.4 Å². The fourth-order valence-corrected chi connectivity index (χ4v) is 3.36. The number of carbonyl (C=O) groups is 1. The highest BCUT2D eigenvalue weighted by molar-refractivity contribution is 7.84. The molecule has 0 saturated carbocycles. The average molecular weight is 336 g/mol. The number of nitrogens with zero attached hydrogens (tertiary/aromatic N) is 1. The molecule has 1 aromatic heterocycles. The third-order valence-electron chi connectivity index (χ3n) is 3.23. The number of aryl methyl sites for hydroxylation is 1. The maximum atomic E-state index is 12.1. The van der Waals surface area contributed by atoms with E-state index in [2.05, 4.69) is 18.3 Å². The van der Waals surface area contributed by atoms with Crippen molar-refractivity contribution in [2.24, 2.45) is 0 Å². The van der Waals surface area contributed by atoms with Gasteiger partial charge in [0.15, 0.2) is 0 Å². The van der Waals surface area contributed by atoms with Crippen molar-refractivity contribution in [3.63, 3.8) is 0 Å². The zero-order valence-electron chi connectivity index (χ0n) is 13.0. The number of hydrogen-bond donors (Lipinski definition) is 1. The van der Waals surface area contributed by atoms with Gasteiger partial charge in [0.1, 0.15) is 0 Å². The second-order valence-corrected chi connectivity index (χ2v) is 7.88. The molecule has 118 valence electrons. The molecule has 1 heterocycles. The molecule has 2 amide bonds. The van der Waals surface area contributed by atoms with E-state index < -0.39 is 10.8 Å². The first-order valence-electron chi connectivity index (χ1n) is 6.92. The summed E-state index contributed by atoms with van der Waals surface area (Å²) in [5.74, 6) is 0. The number of nitrogens with one attached hydrogen (secondary N) is 1. The Bertz CT molecular complexity index is 665. The minimum absolute atomic E-state index is 0.103. The largest absolute Gasteiger partial charge is 0.333 e. The Hall–Kier alpha value is -1.66. The van der Waals surface area contributed by atoms with Crippen LogP contribution < -0.4 is 5.32 Å². The van der Waals surface area contributed by atoms with Gasteiger partial charge in [0.2, 0.25) is 0 Å². The molecule has 0 unspecified atom stereocenters. The minimum atomic E-state index is -0.973. The predicted octanol–water partition coefficient (Wildman–Crippen LogP) is 3.14. The van der Waals surface area contributed by atoms with Crippen LogP contribution in [-0.2, 0) is 23.9 Å². The molecule has 0 fully saturated rings. The highest BCUT2D eigenvalue weighted by Gasteiger charge is 2.09. The van der Waals surface area contributed by atoms with Crippen LogP contribution in [0.3, 0.4) is 0 Å². The Labute approximate surface area is 137 Å². The van der Waals surface area contributed by atoms with Crippen molar-refractivity contribution in [2.75, 3.05) is 13.3 Å². The molecule has 0 aliphatic rings. The Morgan fingerprint density at radius 2 is 1.91 bits per heavy atom. The molecule has 0 bridgehead atoms. The second-order valence-electron chi connectivity index (χ2n) is 5.13. The van der Waals surface area contributed by atoms with Gasteiger partial charge in [-0.3, -0.25) is 4.21 Å². The smallest absolute Gasteiger partial charge is 0.317 e. The van der Waals surface area contributed by atoms with Gasteiger partial charge in [-0.25, -0.2) is 4.79 Å². The molecule has 1 atom stereocenters. The summed E-state index contributed by atoms with van der Waals surface area (Å²) >= 11 is 1.69. The van der Waals surface area contributed by atoms with E-state index in [0.29, 0.717) is 13.1 Å². The fourth-order valence-electron chi connectivity index (χ4n) is 2.01. The van der Waals surface area contributed by atoms with Gasteiger partial charge in [0.05, 0.1) is 6.54 Å². The van der Waals surface area contributed by atoms with Crippen molar-refractivity contribution in [2.45, 2.75) is 24.9 Å². The summed E-state index contributed by atoms with van der Waals surface area (Å²) in [6, 6.07) is 11.5. The van der Waals surface area contributed by atoms with Crippen molar-refractivity contribution < 1.29 is 9.00 Å². The van der Waals surface area contributed by atoms with Gasteiger partial charge in [-0.15, -0.1) is 11.3 Å². The van der Waals surface area contributed by atoms with E-state index in [1.807, 2.05) is 30.3 Å². The first-order valence-corrected chi connectivity index (χ1v) is 9.30. The van der Waals surface area contributed by atoms with Gasteiger partial charge >= 0.3 is 6.03 Å². The van der Waals surface area contributed by atoms with Crippen molar-refractivity contribution in [3.8, 4) is 0 Å². The van der Waals surface area contributed by atoms with Gasteiger partial charge in [-0.2, -0.15) is 0 Å². The minimum Gasteiger partial charge on any atom is -0.333 e. The lowest BCUT2D eigenvalue weighted by molar-refractivity contribution is 0.206. The molecule has 2 rings (SSSR count). The van der Waals surface area contributed by atoms with Crippen LogP contribution >= 0.6 is 11.3 Å². The molecular formula is C16H20N2O2S2. The van der Waals surface area contributed by atoms with Crippen LogP contribution in [0.2, 0.25) is 0 Å². The van der Waals surface area contributed by atoms with Crippen LogP contribution in [0.25, 0.3) is 0 Å². The zero-order chi connectivity index (χ0) is 16.1. The summed E-state index contributed by atoms with van der Waals surface area (Å²) in [7, 11) is 0.792. The number of benzene rings is 1. The van der Waals surface area contributed by atoms with E-state index in [1.54, 1.807) is 29.5 Å². The van der Waals surface area contributed by atoms with Crippen LogP contribution in [0.1, 0.15) is 15.3 Å². The summed E-state index contributed by atoms with van der Waals surface area (Å²) < 4.78 is 11.3. The lowest BCUT2D eigenvalue weighted by atomic mass is 10.2. The van der Waals surface area contributed by atoms with Gasteiger partial charge in [-0.05, 0) is 36.8 Å². The quantitative estimate of drug-likeness (QED) is 0.912. The fraction of sp³-hybridized carbons (Fsp3) is 0.312. The van der Waals surface area contributed by atoms with Gasteiger partial charge in [0, 0.05) is 45.3 Å². The van der Waals surface area contributed by atoms with E-state index in [4.69, 9.17) is 0 Å². The summed E-state index contributed by atoms with van der Waals surface area (Å²) in [4.78, 5) is 16.9. The molecule has 22 heavy (non-hydrogen) atoms. The monoisotopic (exact) mass is 336 g/mol. The third-order valence-corrected chi connectivity index (χ3v) is 5.17. The van der Waals surface area contributed by atoms with Gasteiger partial charge < -0.3 is 10.2 Å². The van der Waals surface area contributed by atoms with E-state index in [9.17, 15) is 9.00 Å². The maximum absolute atomic E-state index is 12.1. The number of urea groups is 1. The number of rotatable bonds is 5. The van der Waals surface area contributed by atoms with Crippen LogP contribution in [0.4, 0.5) is 4.79 Å². The van der Waals surface area contributed by atoms with Crippen molar-refractivity contribution >= 4 is 28.2 Å². The molecule has 6 heteroatoms. The highest BCUT2D eigenvalue weighted by atomic mass is 32.2. The second kappa shape index (κ2) is 7.56. The number of hydrogen-bond acceptors (Lipinski definition) is 3. The topological polar surface area (TPSA) is 49.4 Å². The average Bonchev–Trinajstić information content (AvgIpc) is 2.91. The number of thiophene rings is 1. The van der Waals surface area contributed by atoms with Crippen molar-refractivity contribution in [1.29, 1.82) is 0 Å². The van der Waals surface area contributed by atoms with E-state index in [-0.39, 0.29) is 6.03 Å². The lowest BCUT2D eigenvalue weighted by Gasteiger charge is -2.18. The SMILES string of the molecule is Cc1ccc(CNC(=O)N(C)Cc2ccc([S@@](C)=O)cc2)s1. The predicted molar refractivity (Wildman–Crippen MR) is 91.5 cm³/mol. The first kappa shape index (κ1) is 16.7. The Balaban J connectivity index is 1.86. The Kier molecular flexibility index (Phi) is 5.74.